The van der Waals surface area contributed by atoms with E-state index in [9.17, 15) is 0 Å². The molecule has 4 heteroatoms. The second-order valence-corrected chi connectivity index (χ2v) is 9.64. The molecule has 170 valence electrons. The maximum absolute atomic E-state index is 6.34. The average Bonchev–Trinajstić information content (AvgIpc) is 3.32. The lowest BCUT2D eigenvalue weighted by molar-refractivity contribution is 0.670. The molecule has 0 fully saturated rings. The summed E-state index contributed by atoms with van der Waals surface area (Å²) in [5, 5.41) is 4.51. The first-order chi connectivity index (χ1) is 17.7. The van der Waals surface area contributed by atoms with E-state index in [0.29, 0.717) is 5.82 Å². The zero-order valence-electron chi connectivity index (χ0n) is 19.2. The van der Waals surface area contributed by atoms with Gasteiger partial charge in [-0.2, -0.15) is 0 Å². The van der Waals surface area contributed by atoms with Crippen molar-refractivity contribution < 1.29 is 4.42 Å². The Bertz CT molecular complexity index is 1910. The van der Waals surface area contributed by atoms with Crippen LogP contribution in [0.25, 0.3) is 66.6 Å². The molecule has 0 saturated heterocycles. The zero-order valence-corrected chi connectivity index (χ0v) is 20.7. The first-order valence-electron chi connectivity index (χ1n) is 11.8. The van der Waals surface area contributed by atoms with E-state index < -0.39 is 0 Å². The number of para-hydroxylation sites is 2. The van der Waals surface area contributed by atoms with E-state index in [2.05, 4.69) is 82.7 Å². The summed E-state index contributed by atoms with van der Waals surface area (Å²) in [5.41, 5.74) is 6.34. The van der Waals surface area contributed by atoms with Crippen LogP contribution in [0.1, 0.15) is 0 Å². The van der Waals surface area contributed by atoms with Crippen molar-refractivity contribution in [1.29, 1.82) is 0 Å². The fourth-order valence-corrected chi connectivity index (χ4v) is 5.42. The van der Waals surface area contributed by atoms with Crippen LogP contribution >= 0.6 is 15.9 Å². The molecular weight excluding hydrogens is 508 g/mol. The first kappa shape index (κ1) is 21.0. The minimum Gasteiger partial charge on any atom is -0.455 e. The van der Waals surface area contributed by atoms with Crippen LogP contribution in [-0.2, 0) is 0 Å². The lowest BCUT2D eigenvalue weighted by atomic mass is 10.0. The Labute approximate surface area is 216 Å². The molecule has 7 rings (SSSR count). The van der Waals surface area contributed by atoms with E-state index in [-0.39, 0.29) is 0 Å². The molecule has 0 aliphatic carbocycles. The Morgan fingerprint density at radius 3 is 2.17 bits per heavy atom. The van der Waals surface area contributed by atoms with Crippen molar-refractivity contribution in [2.45, 2.75) is 0 Å². The van der Waals surface area contributed by atoms with E-state index in [1.54, 1.807) is 0 Å². The van der Waals surface area contributed by atoms with Gasteiger partial charge in [0.15, 0.2) is 5.82 Å². The Kier molecular flexibility index (Phi) is 4.93. The summed E-state index contributed by atoms with van der Waals surface area (Å²) in [6.07, 6.45) is 0. The summed E-state index contributed by atoms with van der Waals surface area (Å²) in [4.78, 5) is 10.0. The average molecular weight is 527 g/mol. The Morgan fingerprint density at radius 1 is 0.556 bits per heavy atom. The molecule has 36 heavy (non-hydrogen) atoms. The summed E-state index contributed by atoms with van der Waals surface area (Å²) in [6.45, 7) is 0. The highest BCUT2D eigenvalue weighted by Crippen LogP contribution is 2.37. The second kappa shape index (κ2) is 8.43. The molecule has 2 aromatic heterocycles. The lowest BCUT2D eigenvalue weighted by Gasteiger charge is -2.11. The van der Waals surface area contributed by atoms with Crippen LogP contribution in [0.2, 0.25) is 0 Å². The van der Waals surface area contributed by atoms with E-state index in [1.165, 1.54) is 5.39 Å². The van der Waals surface area contributed by atoms with Crippen LogP contribution in [0, 0.1) is 0 Å². The molecule has 2 heterocycles. The minimum atomic E-state index is 0.681. The van der Waals surface area contributed by atoms with Crippen molar-refractivity contribution >= 4 is 48.6 Å². The third-order valence-corrected chi connectivity index (χ3v) is 7.20. The van der Waals surface area contributed by atoms with Crippen LogP contribution in [0.5, 0.6) is 0 Å². The van der Waals surface area contributed by atoms with Crippen molar-refractivity contribution in [3.63, 3.8) is 0 Å². The minimum absolute atomic E-state index is 0.681. The maximum Gasteiger partial charge on any atom is 0.160 e. The van der Waals surface area contributed by atoms with Crippen LogP contribution in [0.15, 0.2) is 124 Å². The van der Waals surface area contributed by atoms with Gasteiger partial charge < -0.3 is 4.42 Å². The van der Waals surface area contributed by atoms with Gasteiger partial charge in [-0.15, -0.1) is 0 Å². The largest absolute Gasteiger partial charge is 0.455 e. The number of hydrogen-bond donors (Lipinski definition) is 0. The monoisotopic (exact) mass is 526 g/mol. The first-order valence-corrected chi connectivity index (χ1v) is 12.6. The Morgan fingerprint density at radius 2 is 1.28 bits per heavy atom. The van der Waals surface area contributed by atoms with Gasteiger partial charge in [-0.05, 0) is 41.1 Å². The predicted octanol–water partition coefficient (Wildman–Crippen LogP) is 9.29. The molecule has 0 N–H and O–H groups in total. The Balaban J connectivity index is 1.50. The van der Waals surface area contributed by atoms with Gasteiger partial charge in [0.25, 0.3) is 0 Å². The molecule has 7 aromatic rings. The molecule has 0 bridgehead atoms. The molecule has 0 atom stereocenters. The number of benzene rings is 5. The molecular formula is C32H19BrN2O. The van der Waals surface area contributed by atoms with Crippen molar-refractivity contribution in [3.05, 3.63) is 120 Å². The van der Waals surface area contributed by atoms with Gasteiger partial charge in [-0.3, -0.25) is 0 Å². The number of hydrogen-bond acceptors (Lipinski definition) is 3. The molecule has 0 radical (unpaired) electrons. The third kappa shape index (κ3) is 3.50. The number of halogens is 1. The fraction of sp³-hybridized carbons (Fsp3) is 0. The van der Waals surface area contributed by atoms with Gasteiger partial charge in [0, 0.05) is 31.9 Å². The molecule has 5 aromatic carbocycles. The quantitative estimate of drug-likeness (QED) is 0.230. The normalized spacial score (nSPS) is 11.5. The molecule has 0 saturated carbocycles. The number of aromatic nitrogens is 2. The highest BCUT2D eigenvalue weighted by molar-refractivity contribution is 9.10. The van der Waals surface area contributed by atoms with E-state index in [4.69, 9.17) is 14.4 Å². The SMILES string of the molecule is Brc1cc(-c2cc(-c3cccc4c3oc3ccccc34)nc(-c3ccccc3)n2)cc2ccccc12. The standard InChI is InChI=1S/C32H19BrN2O/c33-27-18-22(17-21-11-4-5-12-23(21)27)28-19-29(35-32(34-28)20-9-2-1-3-10-20)26-15-8-14-25-24-13-6-7-16-30(24)36-31(25)26/h1-19H. The zero-order chi connectivity index (χ0) is 24.1. The molecule has 0 aliphatic rings. The predicted molar refractivity (Wildman–Crippen MR) is 151 cm³/mol. The van der Waals surface area contributed by atoms with Crippen LogP contribution < -0.4 is 0 Å². The summed E-state index contributed by atoms with van der Waals surface area (Å²) in [6, 6.07) is 39.2. The third-order valence-electron chi connectivity index (χ3n) is 6.55. The molecule has 0 unspecified atom stereocenters. The van der Waals surface area contributed by atoms with E-state index in [1.807, 2.05) is 48.5 Å². The highest BCUT2D eigenvalue weighted by Gasteiger charge is 2.16. The molecule has 3 nitrogen and oxygen atoms in total. The number of rotatable bonds is 3. The van der Waals surface area contributed by atoms with Crippen LogP contribution in [-0.4, -0.2) is 9.97 Å². The summed E-state index contributed by atoms with van der Waals surface area (Å²) in [5.74, 6) is 0.681. The van der Waals surface area contributed by atoms with Gasteiger partial charge in [-0.1, -0.05) is 101 Å². The smallest absolute Gasteiger partial charge is 0.160 e. The van der Waals surface area contributed by atoms with Gasteiger partial charge in [-0.25, -0.2) is 9.97 Å². The van der Waals surface area contributed by atoms with Crippen molar-refractivity contribution in [2.75, 3.05) is 0 Å². The molecule has 0 spiro atoms. The van der Waals surface area contributed by atoms with Crippen LogP contribution in [0.4, 0.5) is 0 Å². The second-order valence-electron chi connectivity index (χ2n) is 8.79. The number of furan rings is 1. The molecule has 0 amide bonds. The van der Waals surface area contributed by atoms with E-state index >= 15 is 0 Å². The topological polar surface area (TPSA) is 38.9 Å². The van der Waals surface area contributed by atoms with Gasteiger partial charge >= 0.3 is 0 Å². The van der Waals surface area contributed by atoms with E-state index in [0.717, 1.165) is 59.9 Å². The summed E-state index contributed by atoms with van der Waals surface area (Å²) < 4.78 is 7.38. The van der Waals surface area contributed by atoms with Crippen molar-refractivity contribution in [1.82, 2.24) is 9.97 Å². The van der Waals surface area contributed by atoms with Gasteiger partial charge in [0.2, 0.25) is 0 Å². The molecule has 0 aliphatic heterocycles. The van der Waals surface area contributed by atoms with Gasteiger partial charge in [0.05, 0.1) is 11.4 Å². The van der Waals surface area contributed by atoms with Crippen molar-refractivity contribution in [3.8, 4) is 33.9 Å². The summed E-state index contributed by atoms with van der Waals surface area (Å²) in [7, 11) is 0. The highest BCUT2D eigenvalue weighted by atomic mass is 79.9. The maximum atomic E-state index is 6.34. The van der Waals surface area contributed by atoms with Crippen molar-refractivity contribution in [2.24, 2.45) is 0 Å². The van der Waals surface area contributed by atoms with Gasteiger partial charge in [0.1, 0.15) is 11.2 Å². The fourth-order valence-electron chi connectivity index (χ4n) is 4.81. The number of nitrogens with zero attached hydrogens (tertiary/aromatic N) is 2. The Hall–Kier alpha value is -4.28. The number of fused-ring (bicyclic) bond motifs is 4. The summed E-state index contributed by atoms with van der Waals surface area (Å²) >= 11 is 3.77. The van der Waals surface area contributed by atoms with Crippen LogP contribution in [0.3, 0.4) is 0 Å². The lowest BCUT2D eigenvalue weighted by Crippen LogP contribution is -1.96.